The van der Waals surface area contributed by atoms with Crippen molar-refractivity contribution in [3.63, 3.8) is 0 Å². The van der Waals surface area contributed by atoms with Crippen LogP contribution in [0.3, 0.4) is 0 Å². The van der Waals surface area contributed by atoms with Crippen LogP contribution in [-0.4, -0.2) is 15.9 Å². The number of rotatable bonds is 4. The third-order valence-corrected chi connectivity index (χ3v) is 4.20. The number of carbonyl (C=O) groups excluding carboxylic acids is 1. The minimum absolute atomic E-state index is 0.241. The van der Waals surface area contributed by atoms with Crippen molar-refractivity contribution in [3.8, 4) is 0 Å². The topological polar surface area (TPSA) is 66.9 Å². The van der Waals surface area contributed by atoms with Gasteiger partial charge in [-0.05, 0) is 43.2 Å². The van der Waals surface area contributed by atoms with E-state index < -0.39 is 0 Å². The first-order chi connectivity index (χ1) is 12.0. The first-order valence-corrected chi connectivity index (χ1v) is 8.13. The fourth-order valence-electron chi connectivity index (χ4n) is 2.28. The van der Waals surface area contributed by atoms with Crippen molar-refractivity contribution in [2.75, 3.05) is 10.6 Å². The van der Waals surface area contributed by atoms with Crippen LogP contribution in [0.1, 0.15) is 21.6 Å². The third kappa shape index (κ3) is 3.95. The lowest BCUT2D eigenvalue weighted by atomic mass is 10.1. The van der Waals surface area contributed by atoms with Crippen LogP contribution in [0.25, 0.3) is 0 Å². The highest BCUT2D eigenvalue weighted by molar-refractivity contribution is 6.33. The van der Waals surface area contributed by atoms with Crippen LogP contribution in [0.2, 0.25) is 5.02 Å². The van der Waals surface area contributed by atoms with Crippen molar-refractivity contribution in [2.45, 2.75) is 13.8 Å². The molecule has 0 radical (unpaired) electrons. The number of para-hydroxylation sites is 1. The molecule has 126 valence electrons. The molecule has 25 heavy (non-hydrogen) atoms. The molecular weight excluding hydrogens is 336 g/mol. The fourth-order valence-corrected chi connectivity index (χ4v) is 2.47. The van der Waals surface area contributed by atoms with Gasteiger partial charge in [-0.2, -0.15) is 0 Å². The van der Waals surface area contributed by atoms with Crippen LogP contribution in [0.4, 0.5) is 17.2 Å². The van der Waals surface area contributed by atoms with Crippen LogP contribution in [-0.2, 0) is 0 Å². The number of aromatic nitrogens is 2. The molecular formula is C19H17ClN4O. The number of benzene rings is 2. The molecule has 0 saturated carbocycles. The third-order valence-electron chi connectivity index (χ3n) is 3.87. The molecule has 1 heterocycles. The highest BCUT2D eigenvalue weighted by Crippen LogP contribution is 2.23. The maximum Gasteiger partial charge on any atom is 0.275 e. The zero-order chi connectivity index (χ0) is 17.8. The van der Waals surface area contributed by atoms with Crippen molar-refractivity contribution >= 4 is 34.7 Å². The first-order valence-electron chi connectivity index (χ1n) is 7.76. The Bertz CT molecular complexity index is 910. The van der Waals surface area contributed by atoms with Gasteiger partial charge in [0.1, 0.15) is 11.5 Å². The Morgan fingerprint density at radius 2 is 1.72 bits per heavy atom. The average molecular weight is 353 g/mol. The second kappa shape index (κ2) is 7.32. The molecule has 0 fully saturated rings. The van der Waals surface area contributed by atoms with Crippen LogP contribution in [0, 0.1) is 13.8 Å². The van der Waals surface area contributed by atoms with Crippen molar-refractivity contribution in [1.82, 2.24) is 9.97 Å². The molecule has 2 aromatic carbocycles. The normalized spacial score (nSPS) is 10.4. The van der Waals surface area contributed by atoms with Gasteiger partial charge in [-0.15, -0.1) is 0 Å². The van der Waals surface area contributed by atoms with E-state index in [1.165, 1.54) is 12.4 Å². The summed E-state index contributed by atoms with van der Waals surface area (Å²) in [6.45, 7) is 3.97. The predicted octanol–water partition coefficient (Wildman–Crippen LogP) is 4.74. The van der Waals surface area contributed by atoms with E-state index >= 15 is 0 Å². The van der Waals surface area contributed by atoms with E-state index in [1.807, 2.05) is 50.2 Å². The molecule has 6 heteroatoms. The second-order valence-electron chi connectivity index (χ2n) is 5.59. The van der Waals surface area contributed by atoms with Gasteiger partial charge in [0.2, 0.25) is 0 Å². The maximum absolute atomic E-state index is 12.3. The number of amides is 1. The highest BCUT2D eigenvalue weighted by atomic mass is 35.5. The Morgan fingerprint density at radius 3 is 2.44 bits per heavy atom. The molecule has 0 aliphatic rings. The van der Waals surface area contributed by atoms with Gasteiger partial charge in [-0.3, -0.25) is 4.79 Å². The summed E-state index contributed by atoms with van der Waals surface area (Å²) in [5, 5.41) is 6.51. The minimum Gasteiger partial charge on any atom is -0.338 e. The average Bonchev–Trinajstić information content (AvgIpc) is 2.61. The summed E-state index contributed by atoms with van der Waals surface area (Å²) in [6, 6.07) is 13.1. The summed E-state index contributed by atoms with van der Waals surface area (Å²) in [4.78, 5) is 20.7. The Labute approximate surface area is 151 Å². The predicted molar refractivity (Wildman–Crippen MR) is 101 cm³/mol. The number of nitrogens with zero attached hydrogens (tertiary/aromatic N) is 2. The SMILES string of the molecule is Cc1cccc(NC(=O)c2cnc(Nc3ccccc3Cl)cn2)c1C. The monoisotopic (exact) mass is 352 g/mol. The number of aryl methyl sites for hydroxylation is 1. The summed E-state index contributed by atoms with van der Waals surface area (Å²) in [5.41, 5.74) is 3.88. The van der Waals surface area contributed by atoms with Gasteiger partial charge in [-0.25, -0.2) is 9.97 Å². The Kier molecular flexibility index (Phi) is 4.95. The lowest BCUT2D eigenvalue weighted by Crippen LogP contribution is -2.15. The Morgan fingerprint density at radius 1 is 0.960 bits per heavy atom. The fraction of sp³-hybridized carbons (Fsp3) is 0.105. The molecule has 0 spiro atoms. The highest BCUT2D eigenvalue weighted by Gasteiger charge is 2.11. The molecule has 0 saturated heterocycles. The Hall–Kier alpha value is -2.92. The maximum atomic E-state index is 12.3. The van der Waals surface area contributed by atoms with Crippen LogP contribution < -0.4 is 10.6 Å². The van der Waals surface area contributed by atoms with Gasteiger partial charge >= 0.3 is 0 Å². The number of hydrogen-bond donors (Lipinski definition) is 2. The molecule has 1 aromatic heterocycles. The van der Waals surface area contributed by atoms with Gasteiger partial charge < -0.3 is 10.6 Å². The molecule has 2 N–H and O–H groups in total. The van der Waals surface area contributed by atoms with Gasteiger partial charge in [0.15, 0.2) is 0 Å². The molecule has 3 rings (SSSR count). The lowest BCUT2D eigenvalue weighted by Gasteiger charge is -2.10. The molecule has 0 aliphatic carbocycles. The Balaban J connectivity index is 1.72. The van der Waals surface area contributed by atoms with Crippen LogP contribution in [0.15, 0.2) is 54.9 Å². The van der Waals surface area contributed by atoms with E-state index in [1.54, 1.807) is 6.07 Å². The zero-order valence-electron chi connectivity index (χ0n) is 13.9. The minimum atomic E-state index is -0.300. The molecule has 5 nitrogen and oxygen atoms in total. The summed E-state index contributed by atoms with van der Waals surface area (Å²) >= 11 is 6.10. The zero-order valence-corrected chi connectivity index (χ0v) is 14.6. The largest absolute Gasteiger partial charge is 0.338 e. The number of anilines is 3. The van der Waals surface area contributed by atoms with Crippen molar-refractivity contribution in [2.24, 2.45) is 0 Å². The summed E-state index contributed by atoms with van der Waals surface area (Å²) in [6.07, 6.45) is 2.93. The van der Waals surface area contributed by atoms with E-state index in [9.17, 15) is 4.79 Å². The quantitative estimate of drug-likeness (QED) is 0.711. The molecule has 1 amide bonds. The summed E-state index contributed by atoms with van der Waals surface area (Å²) in [7, 11) is 0. The number of halogens is 1. The van der Waals surface area contributed by atoms with Crippen molar-refractivity contribution in [3.05, 3.63) is 76.7 Å². The molecule has 3 aromatic rings. The standard InChI is InChI=1S/C19H17ClN4O/c1-12-6-5-9-15(13(12)2)24-19(25)17-10-22-18(11-21-17)23-16-8-4-3-7-14(16)20/h3-11H,1-2H3,(H,22,23)(H,24,25). The van der Waals surface area contributed by atoms with E-state index in [0.717, 1.165) is 22.5 Å². The molecule has 0 bridgehead atoms. The van der Waals surface area contributed by atoms with E-state index in [2.05, 4.69) is 20.6 Å². The summed E-state index contributed by atoms with van der Waals surface area (Å²) < 4.78 is 0. The lowest BCUT2D eigenvalue weighted by molar-refractivity contribution is 0.102. The van der Waals surface area contributed by atoms with Crippen molar-refractivity contribution in [1.29, 1.82) is 0 Å². The van der Waals surface area contributed by atoms with Gasteiger partial charge in [0.05, 0.1) is 23.1 Å². The van der Waals surface area contributed by atoms with Gasteiger partial charge in [0, 0.05) is 5.69 Å². The number of carbonyl (C=O) groups is 1. The number of hydrogen-bond acceptors (Lipinski definition) is 4. The van der Waals surface area contributed by atoms with Gasteiger partial charge in [0.25, 0.3) is 5.91 Å². The summed E-state index contributed by atoms with van der Waals surface area (Å²) in [5.74, 6) is 0.210. The smallest absolute Gasteiger partial charge is 0.275 e. The van der Waals surface area contributed by atoms with E-state index in [0.29, 0.717) is 10.8 Å². The number of nitrogens with one attached hydrogen (secondary N) is 2. The van der Waals surface area contributed by atoms with Crippen molar-refractivity contribution < 1.29 is 4.79 Å². The molecule has 0 aliphatic heterocycles. The van der Waals surface area contributed by atoms with Gasteiger partial charge in [-0.1, -0.05) is 35.9 Å². The first kappa shape index (κ1) is 16.9. The molecule has 0 atom stereocenters. The van der Waals surface area contributed by atoms with E-state index in [4.69, 9.17) is 11.6 Å². The van der Waals surface area contributed by atoms with E-state index in [-0.39, 0.29) is 11.6 Å². The van der Waals surface area contributed by atoms with Crippen LogP contribution >= 0.6 is 11.6 Å². The molecule has 0 unspecified atom stereocenters. The second-order valence-corrected chi connectivity index (χ2v) is 6.00. The van der Waals surface area contributed by atoms with Crippen LogP contribution in [0.5, 0.6) is 0 Å².